The Morgan fingerprint density at radius 3 is 2.71 bits per heavy atom. The summed E-state index contributed by atoms with van der Waals surface area (Å²) < 4.78 is 4.93. The van der Waals surface area contributed by atoms with E-state index in [9.17, 15) is 14.9 Å². The van der Waals surface area contributed by atoms with Gasteiger partial charge in [-0.3, -0.25) is 14.9 Å². The molecule has 0 radical (unpaired) electrons. The Balaban J connectivity index is 2.00. The monoisotopic (exact) mass is 292 g/mol. The zero-order chi connectivity index (χ0) is 15.2. The van der Waals surface area contributed by atoms with Crippen LogP contribution in [0.5, 0.6) is 5.75 Å². The van der Waals surface area contributed by atoms with Crippen molar-refractivity contribution in [2.45, 2.75) is 38.5 Å². The minimum Gasteiger partial charge on any atom is -0.490 e. The van der Waals surface area contributed by atoms with Crippen LogP contribution < -0.4 is 10.1 Å². The average molecular weight is 292 g/mol. The molecule has 0 atom stereocenters. The smallest absolute Gasteiger partial charge is 0.312 e. The predicted molar refractivity (Wildman–Crippen MR) is 79.5 cm³/mol. The van der Waals surface area contributed by atoms with Gasteiger partial charge < -0.3 is 10.1 Å². The minimum absolute atomic E-state index is 0.0821. The summed E-state index contributed by atoms with van der Waals surface area (Å²) in [6.45, 7) is 0. The molecule has 1 aromatic rings. The number of benzene rings is 1. The Bertz CT molecular complexity index is 524. The molecule has 1 N–H and O–H groups in total. The fourth-order valence-corrected chi connectivity index (χ4v) is 2.78. The highest BCUT2D eigenvalue weighted by molar-refractivity contribution is 5.91. The lowest BCUT2D eigenvalue weighted by atomic mass is 9.87. The average Bonchev–Trinajstić information content (AvgIpc) is 2.48. The van der Waals surface area contributed by atoms with Crippen LogP contribution in [0.4, 0.5) is 11.4 Å². The van der Waals surface area contributed by atoms with Crippen molar-refractivity contribution in [3.8, 4) is 5.75 Å². The molecule has 1 saturated carbocycles. The van der Waals surface area contributed by atoms with Gasteiger partial charge in [-0.25, -0.2) is 0 Å². The second-order valence-corrected chi connectivity index (χ2v) is 5.40. The normalized spacial score (nSPS) is 15.5. The first kappa shape index (κ1) is 15.3. The Hall–Kier alpha value is -2.11. The van der Waals surface area contributed by atoms with Crippen molar-refractivity contribution < 1.29 is 14.5 Å². The van der Waals surface area contributed by atoms with E-state index in [1.807, 2.05) is 0 Å². The molecular weight excluding hydrogens is 272 g/mol. The molecule has 1 aromatic carbocycles. The zero-order valence-electron chi connectivity index (χ0n) is 12.1. The maximum atomic E-state index is 12.0. The fraction of sp³-hybridized carbons (Fsp3) is 0.533. The first-order valence-corrected chi connectivity index (χ1v) is 7.22. The number of carbonyl (C=O) groups excluding carboxylic acids is 1. The number of nitrogens with one attached hydrogen (secondary N) is 1. The molecule has 6 heteroatoms. The molecule has 114 valence electrons. The van der Waals surface area contributed by atoms with Crippen molar-refractivity contribution in [1.29, 1.82) is 0 Å². The summed E-state index contributed by atoms with van der Waals surface area (Å²) in [5.41, 5.74) is 0.288. The van der Waals surface area contributed by atoms with E-state index in [4.69, 9.17) is 4.74 Å². The quantitative estimate of drug-likeness (QED) is 0.665. The maximum Gasteiger partial charge on any atom is 0.312 e. The lowest BCUT2D eigenvalue weighted by Crippen LogP contribution is -2.18. The van der Waals surface area contributed by atoms with Crippen molar-refractivity contribution in [3.05, 3.63) is 28.3 Å². The summed E-state index contributed by atoms with van der Waals surface area (Å²) in [5, 5.41) is 13.7. The number of hydrogen-bond donors (Lipinski definition) is 1. The van der Waals surface area contributed by atoms with Crippen molar-refractivity contribution in [1.82, 2.24) is 0 Å². The van der Waals surface area contributed by atoms with Gasteiger partial charge in [-0.2, -0.15) is 0 Å². The molecule has 1 fully saturated rings. The number of amides is 1. The molecule has 0 unspecified atom stereocenters. The van der Waals surface area contributed by atoms with Crippen molar-refractivity contribution in [3.63, 3.8) is 0 Å². The molecule has 1 amide bonds. The Kier molecular flexibility index (Phi) is 5.14. The van der Waals surface area contributed by atoms with Crippen LogP contribution in [-0.4, -0.2) is 17.9 Å². The third-order valence-corrected chi connectivity index (χ3v) is 3.86. The second kappa shape index (κ2) is 7.06. The van der Waals surface area contributed by atoms with Crippen molar-refractivity contribution in [2.24, 2.45) is 5.92 Å². The van der Waals surface area contributed by atoms with Crippen LogP contribution in [0.25, 0.3) is 0 Å². The van der Waals surface area contributed by atoms with Gasteiger partial charge in [0.05, 0.1) is 12.0 Å². The van der Waals surface area contributed by atoms with Crippen LogP contribution >= 0.6 is 0 Å². The van der Waals surface area contributed by atoms with Crippen molar-refractivity contribution >= 4 is 17.3 Å². The van der Waals surface area contributed by atoms with Crippen LogP contribution in [0.1, 0.15) is 38.5 Å². The lowest BCUT2D eigenvalue weighted by molar-refractivity contribution is -0.385. The number of nitrogens with zero attached hydrogens (tertiary/aromatic N) is 1. The molecule has 1 aliphatic carbocycles. The number of nitro groups is 1. The van der Waals surface area contributed by atoms with Gasteiger partial charge in [0.25, 0.3) is 0 Å². The molecular formula is C15H20N2O4. The van der Waals surface area contributed by atoms with Gasteiger partial charge >= 0.3 is 5.69 Å². The van der Waals surface area contributed by atoms with Crippen LogP contribution in [0, 0.1) is 16.0 Å². The predicted octanol–water partition coefficient (Wildman–Crippen LogP) is 3.51. The highest BCUT2D eigenvalue weighted by Gasteiger charge is 2.19. The van der Waals surface area contributed by atoms with E-state index < -0.39 is 4.92 Å². The van der Waals surface area contributed by atoms with Gasteiger partial charge in [0, 0.05) is 18.2 Å². The minimum atomic E-state index is -0.518. The van der Waals surface area contributed by atoms with Gasteiger partial charge in [0.15, 0.2) is 5.75 Å². The summed E-state index contributed by atoms with van der Waals surface area (Å²) in [4.78, 5) is 22.4. The standard InChI is InChI=1S/C15H20N2O4/c1-21-14-8-7-12(10-13(14)17(19)20)16-15(18)9-11-5-3-2-4-6-11/h7-8,10-11H,2-6,9H2,1H3,(H,16,18). The third kappa shape index (κ3) is 4.18. The molecule has 0 saturated heterocycles. The van der Waals surface area contributed by atoms with Gasteiger partial charge in [0.1, 0.15) is 0 Å². The number of nitro benzene ring substituents is 1. The molecule has 0 spiro atoms. The molecule has 0 bridgehead atoms. The van der Waals surface area contributed by atoms with E-state index in [0.29, 0.717) is 18.0 Å². The molecule has 2 rings (SSSR count). The van der Waals surface area contributed by atoms with E-state index in [1.165, 1.54) is 38.5 Å². The van der Waals surface area contributed by atoms with E-state index in [0.717, 1.165) is 12.8 Å². The van der Waals surface area contributed by atoms with Gasteiger partial charge in [-0.15, -0.1) is 0 Å². The number of anilines is 1. The number of carbonyl (C=O) groups is 1. The van der Waals surface area contributed by atoms with Gasteiger partial charge in [-0.1, -0.05) is 19.3 Å². The SMILES string of the molecule is COc1ccc(NC(=O)CC2CCCCC2)cc1[N+](=O)[O-]. The maximum absolute atomic E-state index is 12.0. The zero-order valence-corrected chi connectivity index (χ0v) is 12.1. The van der Waals surface area contributed by atoms with E-state index in [2.05, 4.69) is 5.32 Å². The molecule has 21 heavy (non-hydrogen) atoms. The first-order chi connectivity index (χ1) is 10.1. The molecule has 0 aliphatic heterocycles. The Morgan fingerprint density at radius 1 is 1.38 bits per heavy atom. The Morgan fingerprint density at radius 2 is 2.10 bits per heavy atom. The number of methoxy groups -OCH3 is 1. The number of hydrogen-bond acceptors (Lipinski definition) is 4. The summed E-state index contributed by atoms with van der Waals surface area (Å²) in [6.07, 6.45) is 6.30. The van der Waals surface area contributed by atoms with E-state index in [-0.39, 0.29) is 17.3 Å². The van der Waals surface area contributed by atoms with Crippen LogP contribution in [0.15, 0.2) is 18.2 Å². The van der Waals surface area contributed by atoms with Crippen LogP contribution in [0.3, 0.4) is 0 Å². The van der Waals surface area contributed by atoms with E-state index in [1.54, 1.807) is 6.07 Å². The summed E-state index contributed by atoms with van der Waals surface area (Å²) in [7, 11) is 1.38. The third-order valence-electron chi connectivity index (χ3n) is 3.86. The topological polar surface area (TPSA) is 81.5 Å². The highest BCUT2D eigenvalue weighted by Crippen LogP contribution is 2.30. The number of ether oxygens (including phenoxy) is 1. The van der Waals surface area contributed by atoms with Gasteiger partial charge in [-0.05, 0) is 30.9 Å². The van der Waals surface area contributed by atoms with Crippen molar-refractivity contribution in [2.75, 3.05) is 12.4 Å². The Labute approximate surface area is 123 Å². The summed E-state index contributed by atoms with van der Waals surface area (Å²) in [6, 6.07) is 4.44. The summed E-state index contributed by atoms with van der Waals surface area (Å²) in [5.74, 6) is 0.540. The van der Waals surface area contributed by atoms with Crippen LogP contribution in [0.2, 0.25) is 0 Å². The molecule has 0 heterocycles. The highest BCUT2D eigenvalue weighted by atomic mass is 16.6. The summed E-state index contributed by atoms with van der Waals surface area (Å²) >= 11 is 0. The second-order valence-electron chi connectivity index (χ2n) is 5.40. The molecule has 6 nitrogen and oxygen atoms in total. The first-order valence-electron chi connectivity index (χ1n) is 7.22. The van der Waals surface area contributed by atoms with Crippen LogP contribution in [-0.2, 0) is 4.79 Å². The molecule has 1 aliphatic rings. The fourth-order valence-electron chi connectivity index (χ4n) is 2.78. The lowest BCUT2D eigenvalue weighted by Gasteiger charge is -2.20. The van der Waals surface area contributed by atoms with Gasteiger partial charge in [0.2, 0.25) is 5.91 Å². The molecule has 0 aromatic heterocycles. The van der Waals surface area contributed by atoms with E-state index >= 15 is 0 Å². The number of rotatable bonds is 5. The largest absolute Gasteiger partial charge is 0.490 e.